The summed E-state index contributed by atoms with van der Waals surface area (Å²) in [4.78, 5) is 14.5. The Kier molecular flexibility index (Phi) is 6.59. The van der Waals surface area contributed by atoms with Gasteiger partial charge in [0, 0.05) is 13.6 Å². The van der Waals surface area contributed by atoms with Gasteiger partial charge in [0.25, 0.3) is 5.91 Å². The van der Waals surface area contributed by atoms with E-state index in [4.69, 9.17) is 0 Å². The van der Waals surface area contributed by atoms with E-state index in [-0.39, 0.29) is 11.7 Å². The van der Waals surface area contributed by atoms with Crippen LogP contribution >= 0.6 is 0 Å². The fraction of sp³-hybridized carbons (Fsp3) is 0.273. The normalized spacial score (nSPS) is 10.9. The highest BCUT2D eigenvalue weighted by atomic mass is 19.3. The molecule has 5 nitrogen and oxygen atoms in total. The number of aromatic nitrogens is 2. The van der Waals surface area contributed by atoms with Crippen molar-refractivity contribution < 1.29 is 18.3 Å². The number of benzene rings is 2. The highest BCUT2D eigenvalue weighted by molar-refractivity contribution is 5.95. The van der Waals surface area contributed by atoms with Gasteiger partial charge in [0.2, 0.25) is 0 Å². The van der Waals surface area contributed by atoms with E-state index in [2.05, 4.69) is 9.84 Å². The number of hydrogen-bond acceptors (Lipinski definition) is 3. The Morgan fingerprint density at radius 1 is 1.10 bits per heavy atom. The van der Waals surface area contributed by atoms with Crippen LogP contribution in [0, 0.1) is 0 Å². The molecule has 0 aliphatic heterocycles. The smallest absolute Gasteiger partial charge is 0.387 e. The van der Waals surface area contributed by atoms with E-state index in [9.17, 15) is 13.6 Å². The zero-order valence-corrected chi connectivity index (χ0v) is 16.4. The van der Waals surface area contributed by atoms with Crippen molar-refractivity contribution >= 4 is 5.91 Å². The van der Waals surface area contributed by atoms with Crippen molar-refractivity contribution in [2.24, 2.45) is 0 Å². The van der Waals surface area contributed by atoms with Crippen LogP contribution in [-0.4, -0.2) is 34.2 Å². The van der Waals surface area contributed by atoms with E-state index in [1.165, 1.54) is 12.1 Å². The summed E-state index contributed by atoms with van der Waals surface area (Å²) in [7, 11) is 1.71. The molecule has 0 fully saturated rings. The van der Waals surface area contributed by atoms with Gasteiger partial charge >= 0.3 is 6.61 Å². The Labute approximate surface area is 168 Å². The Morgan fingerprint density at radius 2 is 1.79 bits per heavy atom. The lowest BCUT2D eigenvalue weighted by Gasteiger charge is -2.18. The highest BCUT2D eigenvalue weighted by Gasteiger charge is 2.20. The van der Waals surface area contributed by atoms with Crippen LogP contribution in [0.4, 0.5) is 8.78 Å². The lowest BCUT2D eigenvalue weighted by molar-refractivity contribution is -0.0498. The van der Waals surface area contributed by atoms with Crippen molar-refractivity contribution in [2.75, 3.05) is 7.05 Å². The molecule has 0 N–H and O–H groups in total. The standard InChI is InChI=1S/C22H23F2N3O2/c1-3-20-19(13-25-27(20)15-16-7-5-4-6-8-16)21(28)26(2)14-17-9-11-18(12-10-17)29-22(23)24/h4-13,22H,3,14-15H2,1-2H3. The Hall–Kier alpha value is -3.22. The molecule has 0 aliphatic rings. The van der Waals surface area contributed by atoms with Crippen LogP contribution in [0.15, 0.2) is 60.8 Å². The topological polar surface area (TPSA) is 47.4 Å². The van der Waals surface area contributed by atoms with Crippen molar-refractivity contribution in [1.82, 2.24) is 14.7 Å². The van der Waals surface area contributed by atoms with Gasteiger partial charge in [-0.25, -0.2) is 0 Å². The second-order valence-corrected chi connectivity index (χ2v) is 6.69. The molecule has 29 heavy (non-hydrogen) atoms. The third-order valence-corrected chi connectivity index (χ3v) is 4.60. The Bertz CT molecular complexity index is 940. The number of hydrogen-bond donors (Lipinski definition) is 0. The van der Waals surface area contributed by atoms with E-state index in [0.717, 1.165) is 16.8 Å². The van der Waals surface area contributed by atoms with Crippen LogP contribution in [0.25, 0.3) is 0 Å². The van der Waals surface area contributed by atoms with Gasteiger partial charge in [-0.05, 0) is 29.7 Å². The molecule has 0 saturated heterocycles. The second kappa shape index (κ2) is 9.32. The summed E-state index contributed by atoms with van der Waals surface area (Å²) in [5.74, 6) is -0.0396. The summed E-state index contributed by atoms with van der Waals surface area (Å²) < 4.78 is 30.7. The van der Waals surface area contributed by atoms with Gasteiger partial charge in [0.15, 0.2) is 0 Å². The van der Waals surface area contributed by atoms with Crippen LogP contribution in [0.2, 0.25) is 0 Å². The molecule has 2 aromatic carbocycles. The number of carbonyl (C=O) groups excluding carboxylic acids is 1. The fourth-order valence-corrected chi connectivity index (χ4v) is 3.18. The van der Waals surface area contributed by atoms with Gasteiger partial charge in [0.1, 0.15) is 5.75 Å². The maximum absolute atomic E-state index is 13.0. The minimum atomic E-state index is -2.86. The molecule has 0 spiro atoms. The first-order chi connectivity index (χ1) is 14.0. The van der Waals surface area contributed by atoms with E-state index in [1.807, 2.05) is 41.9 Å². The molecule has 3 aromatic rings. The largest absolute Gasteiger partial charge is 0.435 e. The predicted octanol–water partition coefficient (Wildman–Crippen LogP) is 4.37. The number of nitrogens with zero attached hydrogens (tertiary/aromatic N) is 3. The minimum Gasteiger partial charge on any atom is -0.435 e. The van der Waals surface area contributed by atoms with Crippen LogP contribution in [0.5, 0.6) is 5.75 Å². The average molecular weight is 399 g/mol. The molecule has 1 aromatic heterocycles. The molecule has 0 unspecified atom stereocenters. The van der Waals surface area contributed by atoms with E-state index < -0.39 is 6.61 Å². The van der Waals surface area contributed by atoms with Crippen LogP contribution < -0.4 is 4.74 Å². The molecule has 1 amide bonds. The number of halogens is 2. The molecule has 152 valence electrons. The maximum atomic E-state index is 13.0. The quantitative estimate of drug-likeness (QED) is 0.565. The first-order valence-corrected chi connectivity index (χ1v) is 9.35. The van der Waals surface area contributed by atoms with Crippen LogP contribution in [-0.2, 0) is 19.5 Å². The fourth-order valence-electron chi connectivity index (χ4n) is 3.18. The number of carbonyl (C=O) groups is 1. The van der Waals surface area contributed by atoms with Gasteiger partial charge in [-0.2, -0.15) is 13.9 Å². The zero-order valence-electron chi connectivity index (χ0n) is 16.4. The van der Waals surface area contributed by atoms with Crippen molar-refractivity contribution in [3.8, 4) is 5.75 Å². The van der Waals surface area contributed by atoms with E-state index in [0.29, 0.717) is 25.1 Å². The molecule has 7 heteroatoms. The molecule has 3 rings (SSSR count). The summed E-state index contributed by atoms with van der Waals surface area (Å²) in [5, 5.41) is 4.41. The van der Waals surface area contributed by atoms with Crippen LogP contribution in [0.1, 0.15) is 34.1 Å². The lowest BCUT2D eigenvalue weighted by atomic mass is 10.1. The predicted molar refractivity (Wildman–Crippen MR) is 106 cm³/mol. The number of ether oxygens (including phenoxy) is 1. The van der Waals surface area contributed by atoms with Crippen molar-refractivity contribution in [2.45, 2.75) is 33.0 Å². The highest BCUT2D eigenvalue weighted by Crippen LogP contribution is 2.18. The molecular formula is C22H23F2N3O2. The molecule has 1 heterocycles. The van der Waals surface area contributed by atoms with Crippen molar-refractivity contribution in [3.63, 3.8) is 0 Å². The molecule has 0 atom stereocenters. The SMILES string of the molecule is CCc1c(C(=O)N(C)Cc2ccc(OC(F)F)cc2)cnn1Cc1ccccc1. The van der Waals surface area contributed by atoms with Gasteiger partial charge in [-0.15, -0.1) is 0 Å². The van der Waals surface area contributed by atoms with Gasteiger partial charge < -0.3 is 9.64 Å². The lowest BCUT2D eigenvalue weighted by Crippen LogP contribution is -2.27. The minimum absolute atomic E-state index is 0.0909. The van der Waals surface area contributed by atoms with Gasteiger partial charge in [-0.3, -0.25) is 9.48 Å². The molecular weight excluding hydrogens is 376 g/mol. The molecule has 0 bridgehead atoms. The first-order valence-electron chi connectivity index (χ1n) is 9.35. The Balaban J connectivity index is 1.70. The van der Waals surface area contributed by atoms with Crippen molar-refractivity contribution in [1.29, 1.82) is 0 Å². The molecule has 0 aliphatic carbocycles. The maximum Gasteiger partial charge on any atom is 0.387 e. The summed E-state index contributed by atoms with van der Waals surface area (Å²) in [6, 6.07) is 16.2. The number of alkyl halides is 2. The van der Waals surface area contributed by atoms with Gasteiger partial charge in [0.05, 0.1) is 24.0 Å². The average Bonchev–Trinajstić information content (AvgIpc) is 3.11. The third kappa shape index (κ3) is 5.19. The summed E-state index contributed by atoms with van der Waals surface area (Å²) in [6.07, 6.45) is 2.29. The van der Waals surface area contributed by atoms with E-state index >= 15 is 0 Å². The summed E-state index contributed by atoms with van der Waals surface area (Å²) in [6.45, 7) is 0.0924. The third-order valence-electron chi connectivity index (χ3n) is 4.60. The summed E-state index contributed by atoms with van der Waals surface area (Å²) in [5.41, 5.74) is 3.39. The molecule has 0 saturated carbocycles. The monoisotopic (exact) mass is 399 g/mol. The number of amides is 1. The van der Waals surface area contributed by atoms with E-state index in [1.54, 1.807) is 30.3 Å². The number of rotatable bonds is 8. The Morgan fingerprint density at radius 3 is 2.41 bits per heavy atom. The first kappa shape index (κ1) is 20.5. The zero-order chi connectivity index (χ0) is 20.8. The van der Waals surface area contributed by atoms with Gasteiger partial charge in [-0.1, -0.05) is 49.4 Å². The second-order valence-electron chi connectivity index (χ2n) is 6.69. The summed E-state index contributed by atoms with van der Waals surface area (Å²) >= 11 is 0. The van der Waals surface area contributed by atoms with Crippen LogP contribution in [0.3, 0.4) is 0 Å². The molecule has 0 radical (unpaired) electrons. The van der Waals surface area contributed by atoms with Crippen molar-refractivity contribution in [3.05, 3.63) is 83.2 Å².